The first kappa shape index (κ1) is 7.88. The van der Waals surface area contributed by atoms with Gasteiger partial charge in [0.1, 0.15) is 11.5 Å². The first-order valence-electron chi connectivity index (χ1n) is 3.81. The van der Waals surface area contributed by atoms with Crippen LogP contribution in [0.4, 0.5) is 0 Å². The highest BCUT2D eigenvalue weighted by Crippen LogP contribution is 2.19. The van der Waals surface area contributed by atoms with E-state index >= 15 is 0 Å². The number of nitrogens with one attached hydrogen (secondary N) is 2. The maximum absolute atomic E-state index is 11.1. The largest absolute Gasteiger partial charge is 0.460 e. The van der Waals surface area contributed by atoms with Crippen LogP contribution in [0, 0.1) is 6.92 Å². The predicted molar refractivity (Wildman–Crippen MR) is 47.0 cm³/mol. The van der Waals surface area contributed by atoms with Crippen molar-refractivity contribution in [1.82, 2.24) is 10.4 Å². The maximum atomic E-state index is 11.1. The van der Waals surface area contributed by atoms with Crippen LogP contribution in [-0.4, -0.2) is 10.9 Å². The van der Waals surface area contributed by atoms with Crippen molar-refractivity contribution in [3.8, 4) is 0 Å². The van der Waals surface area contributed by atoms with Crippen LogP contribution in [0.15, 0.2) is 16.5 Å². The average Bonchev–Trinajstić information content (AvgIpc) is 2.59. The minimum absolute atomic E-state index is 0.357. The number of nitrogens with two attached hydrogens (primary N) is 1. The van der Waals surface area contributed by atoms with E-state index in [0.29, 0.717) is 11.3 Å². The van der Waals surface area contributed by atoms with Gasteiger partial charge in [-0.3, -0.25) is 10.2 Å². The van der Waals surface area contributed by atoms with Gasteiger partial charge in [-0.2, -0.15) is 0 Å². The van der Waals surface area contributed by atoms with E-state index in [1.165, 1.54) is 0 Å². The van der Waals surface area contributed by atoms with Crippen molar-refractivity contribution in [2.45, 2.75) is 6.92 Å². The molecule has 2 rings (SSSR count). The molecule has 5 heteroatoms. The summed E-state index contributed by atoms with van der Waals surface area (Å²) in [6.07, 6.45) is 0. The van der Waals surface area contributed by atoms with E-state index in [2.05, 4.69) is 4.98 Å². The monoisotopic (exact) mass is 179 g/mol. The molecule has 0 spiro atoms. The number of hydrazine groups is 1. The molecule has 2 aromatic heterocycles. The number of aromatic amines is 1. The zero-order chi connectivity index (χ0) is 9.42. The Labute approximate surface area is 73.9 Å². The van der Waals surface area contributed by atoms with E-state index in [4.69, 9.17) is 10.3 Å². The Morgan fingerprint density at radius 1 is 1.62 bits per heavy atom. The summed E-state index contributed by atoms with van der Waals surface area (Å²) in [5, 5.41) is 0. The molecule has 0 bridgehead atoms. The zero-order valence-electron chi connectivity index (χ0n) is 7.05. The summed E-state index contributed by atoms with van der Waals surface area (Å²) >= 11 is 0. The predicted octanol–water partition coefficient (Wildman–Crippen LogP) is 0.673. The van der Waals surface area contributed by atoms with Gasteiger partial charge in [0.05, 0.1) is 5.52 Å². The Morgan fingerprint density at radius 2 is 2.38 bits per heavy atom. The molecular formula is C8H9N3O2. The Hall–Kier alpha value is -1.75. The Bertz CT molecular complexity index is 423. The molecule has 13 heavy (non-hydrogen) atoms. The normalized spacial score (nSPS) is 10.6. The van der Waals surface area contributed by atoms with Crippen molar-refractivity contribution in [2.24, 2.45) is 5.84 Å². The summed E-state index contributed by atoms with van der Waals surface area (Å²) in [6.45, 7) is 1.84. The number of nitrogen functional groups attached to an aromatic ring is 1. The van der Waals surface area contributed by atoms with Crippen molar-refractivity contribution in [3.63, 3.8) is 0 Å². The zero-order valence-corrected chi connectivity index (χ0v) is 7.05. The van der Waals surface area contributed by atoms with Crippen molar-refractivity contribution < 1.29 is 9.21 Å². The van der Waals surface area contributed by atoms with Gasteiger partial charge in [-0.25, -0.2) is 5.84 Å². The minimum Gasteiger partial charge on any atom is -0.460 e. The van der Waals surface area contributed by atoms with Crippen LogP contribution < -0.4 is 11.3 Å². The summed E-state index contributed by atoms with van der Waals surface area (Å²) < 4.78 is 5.29. The number of amides is 1. The van der Waals surface area contributed by atoms with E-state index in [1.807, 2.05) is 18.4 Å². The lowest BCUT2D eigenvalue weighted by molar-refractivity contribution is 0.0949. The molecule has 0 aliphatic rings. The van der Waals surface area contributed by atoms with Gasteiger partial charge in [0.25, 0.3) is 5.91 Å². The molecule has 0 atom stereocenters. The number of rotatable bonds is 1. The fourth-order valence-electron chi connectivity index (χ4n) is 1.25. The highest BCUT2D eigenvalue weighted by Gasteiger charge is 2.10. The van der Waals surface area contributed by atoms with Crippen LogP contribution in [0.2, 0.25) is 0 Å². The van der Waals surface area contributed by atoms with Crippen LogP contribution >= 0.6 is 0 Å². The van der Waals surface area contributed by atoms with E-state index in [9.17, 15) is 4.79 Å². The maximum Gasteiger partial charge on any atom is 0.281 e. The van der Waals surface area contributed by atoms with Crippen LogP contribution in [-0.2, 0) is 0 Å². The molecule has 2 heterocycles. The van der Waals surface area contributed by atoms with Crippen molar-refractivity contribution in [2.75, 3.05) is 0 Å². The van der Waals surface area contributed by atoms with Gasteiger partial charge in [0, 0.05) is 12.1 Å². The highest BCUT2D eigenvalue weighted by molar-refractivity contribution is 5.96. The second kappa shape index (κ2) is 2.63. The summed E-state index contributed by atoms with van der Waals surface area (Å²) in [5.41, 5.74) is 3.90. The number of furan rings is 1. The molecule has 0 fully saturated rings. The second-order valence-corrected chi connectivity index (χ2v) is 2.79. The van der Waals surface area contributed by atoms with Gasteiger partial charge in [0.15, 0.2) is 5.58 Å². The number of H-pyrrole nitrogens is 1. The number of carbonyl (C=O) groups is 1. The Balaban J connectivity index is 2.51. The first-order valence-corrected chi connectivity index (χ1v) is 3.81. The first-order chi connectivity index (χ1) is 6.20. The third-order valence-electron chi connectivity index (χ3n) is 1.80. The van der Waals surface area contributed by atoms with Crippen LogP contribution in [0.25, 0.3) is 11.1 Å². The fraction of sp³-hybridized carbons (Fsp3) is 0.125. The molecule has 1 amide bonds. The Morgan fingerprint density at radius 3 is 3.00 bits per heavy atom. The molecular weight excluding hydrogens is 170 g/mol. The molecule has 0 unspecified atom stereocenters. The van der Waals surface area contributed by atoms with Gasteiger partial charge in [-0.15, -0.1) is 0 Å². The Kier molecular flexibility index (Phi) is 1.60. The van der Waals surface area contributed by atoms with Gasteiger partial charge in [0.2, 0.25) is 0 Å². The fourth-order valence-corrected chi connectivity index (χ4v) is 1.25. The van der Waals surface area contributed by atoms with Gasteiger partial charge in [-0.05, 0) is 6.92 Å². The third-order valence-corrected chi connectivity index (χ3v) is 1.80. The molecule has 5 nitrogen and oxygen atoms in total. The van der Waals surface area contributed by atoms with Gasteiger partial charge >= 0.3 is 0 Å². The lowest BCUT2D eigenvalue weighted by Gasteiger charge is -1.92. The minimum atomic E-state index is -0.357. The van der Waals surface area contributed by atoms with Gasteiger partial charge < -0.3 is 9.40 Å². The number of aromatic nitrogens is 1. The summed E-state index contributed by atoms with van der Waals surface area (Å²) in [4.78, 5) is 13.9. The molecule has 4 N–H and O–H groups in total. The standard InChI is InChI=1S/C8H9N3O2/c1-4-2-5-7(13-4)3-6(10-5)8(12)11-9/h2-3,10H,9H2,1H3,(H,11,12). The molecule has 0 aliphatic carbocycles. The molecule has 0 saturated carbocycles. The van der Waals surface area contributed by atoms with Crippen molar-refractivity contribution >= 4 is 17.0 Å². The topological polar surface area (TPSA) is 84.0 Å². The van der Waals surface area contributed by atoms with Crippen LogP contribution in [0.1, 0.15) is 16.2 Å². The second-order valence-electron chi connectivity index (χ2n) is 2.79. The number of aryl methyl sites for hydroxylation is 1. The average molecular weight is 179 g/mol. The number of hydrogen-bond acceptors (Lipinski definition) is 3. The van der Waals surface area contributed by atoms with Gasteiger partial charge in [-0.1, -0.05) is 0 Å². The molecule has 0 aliphatic heterocycles. The van der Waals surface area contributed by atoms with E-state index in [0.717, 1.165) is 11.3 Å². The SMILES string of the molecule is Cc1cc2[nH]c(C(=O)NN)cc2o1. The number of carbonyl (C=O) groups excluding carboxylic acids is 1. The summed E-state index contributed by atoms with van der Waals surface area (Å²) in [6, 6.07) is 3.44. The third kappa shape index (κ3) is 1.19. The van der Waals surface area contributed by atoms with Crippen LogP contribution in [0.3, 0.4) is 0 Å². The highest BCUT2D eigenvalue weighted by atomic mass is 16.3. The molecule has 68 valence electrons. The lowest BCUT2D eigenvalue weighted by atomic mass is 10.4. The van der Waals surface area contributed by atoms with E-state index < -0.39 is 0 Å². The summed E-state index contributed by atoms with van der Waals surface area (Å²) in [7, 11) is 0. The number of hydrogen-bond donors (Lipinski definition) is 3. The summed E-state index contributed by atoms with van der Waals surface area (Å²) in [5.74, 6) is 5.42. The molecule has 0 radical (unpaired) electrons. The van der Waals surface area contributed by atoms with Crippen molar-refractivity contribution in [1.29, 1.82) is 0 Å². The van der Waals surface area contributed by atoms with E-state index in [-0.39, 0.29) is 5.91 Å². The van der Waals surface area contributed by atoms with Crippen molar-refractivity contribution in [3.05, 3.63) is 23.6 Å². The molecule has 0 saturated heterocycles. The van der Waals surface area contributed by atoms with E-state index in [1.54, 1.807) is 6.07 Å². The number of fused-ring (bicyclic) bond motifs is 1. The lowest BCUT2D eigenvalue weighted by Crippen LogP contribution is -2.30. The quantitative estimate of drug-likeness (QED) is 0.342. The molecule has 0 aromatic carbocycles. The smallest absolute Gasteiger partial charge is 0.281 e. The molecule has 2 aromatic rings. The van der Waals surface area contributed by atoms with Crippen LogP contribution in [0.5, 0.6) is 0 Å².